The Morgan fingerprint density at radius 3 is 2.75 bits per heavy atom. The Labute approximate surface area is 98.8 Å². The largest absolute Gasteiger partial charge is 0.389 e. The highest BCUT2D eigenvalue weighted by molar-refractivity contribution is 6.21. The number of amides is 3. The van der Waals surface area contributed by atoms with Gasteiger partial charge < -0.3 is 10.4 Å². The zero-order valence-electron chi connectivity index (χ0n) is 8.78. The molecule has 6 heteroatoms. The lowest BCUT2D eigenvalue weighted by atomic mass is 10.0. The van der Waals surface area contributed by atoms with E-state index in [0.717, 1.165) is 12.8 Å². The van der Waals surface area contributed by atoms with E-state index in [-0.39, 0.29) is 0 Å². The number of halogens is 1. The van der Waals surface area contributed by atoms with Crippen molar-refractivity contribution in [1.82, 2.24) is 10.6 Å². The smallest absolute Gasteiger partial charge is 0.322 e. The van der Waals surface area contributed by atoms with Crippen molar-refractivity contribution in [2.45, 2.75) is 36.8 Å². The minimum Gasteiger partial charge on any atom is -0.389 e. The quantitative estimate of drug-likeness (QED) is 0.277. The minimum atomic E-state index is -1.07. The molecule has 90 valence electrons. The molecule has 1 aliphatic heterocycles. The van der Waals surface area contributed by atoms with Gasteiger partial charge in [0.2, 0.25) is 0 Å². The van der Waals surface area contributed by atoms with Crippen LogP contribution in [0.2, 0.25) is 0 Å². The molecule has 1 fully saturated rings. The van der Waals surface area contributed by atoms with Gasteiger partial charge in [0.15, 0.2) is 0 Å². The zero-order chi connectivity index (χ0) is 12.1. The number of aliphatic hydroxyl groups excluding tert-OH is 1. The first-order valence-electron chi connectivity index (χ1n) is 5.10. The molecule has 1 heterocycles. The van der Waals surface area contributed by atoms with Gasteiger partial charge in [0.05, 0.1) is 11.5 Å². The number of hydrogen-bond acceptors (Lipinski definition) is 3. The number of hydrogen-bond donors (Lipinski definition) is 3. The number of carbonyl (C=O) groups excluding carboxylic acids is 2. The molecule has 0 aromatic heterocycles. The lowest BCUT2D eigenvalue weighted by molar-refractivity contribution is -0.122. The molecule has 0 aliphatic carbocycles. The molecule has 16 heavy (non-hydrogen) atoms. The van der Waals surface area contributed by atoms with Gasteiger partial charge in [-0.2, -0.15) is 0 Å². The maximum absolute atomic E-state index is 11.2. The zero-order valence-corrected chi connectivity index (χ0v) is 9.54. The van der Waals surface area contributed by atoms with Crippen LogP contribution in [0.25, 0.3) is 0 Å². The van der Waals surface area contributed by atoms with Crippen molar-refractivity contribution in [3.63, 3.8) is 0 Å². The van der Waals surface area contributed by atoms with Gasteiger partial charge in [0, 0.05) is 0 Å². The molecule has 0 aromatic rings. The van der Waals surface area contributed by atoms with Crippen LogP contribution in [0.15, 0.2) is 12.7 Å². The van der Waals surface area contributed by atoms with Crippen LogP contribution in [-0.4, -0.2) is 34.6 Å². The van der Waals surface area contributed by atoms with Crippen LogP contribution in [0.4, 0.5) is 4.79 Å². The Morgan fingerprint density at radius 1 is 1.56 bits per heavy atom. The molecule has 1 saturated heterocycles. The van der Waals surface area contributed by atoms with Crippen molar-refractivity contribution in [3.05, 3.63) is 12.7 Å². The monoisotopic (exact) mass is 246 g/mol. The van der Waals surface area contributed by atoms with Crippen molar-refractivity contribution in [3.8, 4) is 0 Å². The molecule has 0 radical (unpaired) electrons. The van der Waals surface area contributed by atoms with Gasteiger partial charge in [-0.1, -0.05) is 6.08 Å². The molecule has 3 amide bonds. The second-order valence-electron chi connectivity index (χ2n) is 3.67. The van der Waals surface area contributed by atoms with E-state index < -0.39 is 29.5 Å². The molecule has 0 unspecified atom stereocenters. The van der Waals surface area contributed by atoms with E-state index in [4.69, 9.17) is 11.6 Å². The Kier molecular flexibility index (Phi) is 4.76. The summed E-state index contributed by atoms with van der Waals surface area (Å²) >= 11 is 5.94. The van der Waals surface area contributed by atoms with Gasteiger partial charge in [-0.3, -0.25) is 10.1 Å². The lowest BCUT2D eigenvalue weighted by Gasteiger charge is -2.20. The van der Waals surface area contributed by atoms with Gasteiger partial charge in [-0.05, 0) is 19.3 Å². The molecular weight excluding hydrogens is 232 g/mol. The molecule has 0 saturated carbocycles. The fourth-order valence-electron chi connectivity index (χ4n) is 1.51. The fraction of sp³-hybridized carbons (Fsp3) is 0.600. The van der Waals surface area contributed by atoms with E-state index >= 15 is 0 Å². The van der Waals surface area contributed by atoms with Gasteiger partial charge in [-0.15, -0.1) is 18.2 Å². The molecular formula is C10H15ClN2O3. The van der Waals surface area contributed by atoms with Crippen molar-refractivity contribution in [1.29, 1.82) is 0 Å². The Morgan fingerprint density at radius 2 is 2.25 bits per heavy atom. The van der Waals surface area contributed by atoms with E-state index in [0.29, 0.717) is 6.42 Å². The van der Waals surface area contributed by atoms with Crippen LogP contribution < -0.4 is 10.6 Å². The lowest BCUT2D eigenvalue weighted by Crippen LogP contribution is -2.45. The average molecular weight is 247 g/mol. The maximum atomic E-state index is 11.2. The van der Waals surface area contributed by atoms with Crippen LogP contribution in [0, 0.1) is 0 Å². The summed E-state index contributed by atoms with van der Waals surface area (Å²) in [7, 11) is 0. The topological polar surface area (TPSA) is 78.4 Å². The molecule has 1 aliphatic rings. The fourth-order valence-corrected chi connectivity index (χ4v) is 1.81. The predicted octanol–water partition coefficient (Wildman–Crippen LogP) is 0.519. The molecule has 1 rings (SSSR count). The van der Waals surface area contributed by atoms with Crippen LogP contribution in [0.5, 0.6) is 0 Å². The van der Waals surface area contributed by atoms with Crippen molar-refractivity contribution in [2.24, 2.45) is 0 Å². The van der Waals surface area contributed by atoms with Crippen molar-refractivity contribution in [2.75, 3.05) is 0 Å². The summed E-state index contributed by atoms with van der Waals surface area (Å²) in [6, 6.07) is -1.54. The van der Waals surface area contributed by atoms with Crippen LogP contribution in [0.1, 0.15) is 19.3 Å². The molecule has 0 spiro atoms. The minimum absolute atomic E-state index is 0.535. The average Bonchev–Trinajstić information content (AvgIpc) is 2.57. The second kappa shape index (κ2) is 5.86. The summed E-state index contributed by atoms with van der Waals surface area (Å²) in [5.41, 5.74) is 0. The third-order valence-corrected chi connectivity index (χ3v) is 2.88. The van der Waals surface area contributed by atoms with Gasteiger partial charge >= 0.3 is 6.03 Å². The number of urea groups is 1. The Hall–Kier alpha value is -1.07. The molecule has 5 nitrogen and oxygen atoms in total. The first-order chi connectivity index (χ1) is 7.56. The Balaban J connectivity index is 2.43. The highest BCUT2D eigenvalue weighted by Gasteiger charge is 2.38. The molecule has 3 N–H and O–H groups in total. The van der Waals surface area contributed by atoms with E-state index in [1.165, 1.54) is 0 Å². The number of imide groups is 1. The summed E-state index contributed by atoms with van der Waals surface area (Å²) in [4.78, 5) is 22.1. The summed E-state index contributed by atoms with van der Waals surface area (Å²) in [6.45, 7) is 3.58. The van der Waals surface area contributed by atoms with Crippen molar-refractivity contribution >= 4 is 23.5 Å². The van der Waals surface area contributed by atoms with E-state index in [1.807, 2.05) is 5.32 Å². The number of unbranched alkanes of at least 4 members (excludes halogenated alkanes) is 1. The number of allylic oxidation sites excluding steroid dienone is 1. The SMILES string of the molecule is C=CCCC[C@@H](Cl)[C@@H](O)[C@H]1NC(=O)NC1=O. The normalized spacial score (nSPS) is 23.5. The highest BCUT2D eigenvalue weighted by Crippen LogP contribution is 2.16. The van der Waals surface area contributed by atoms with Gasteiger partial charge in [0.1, 0.15) is 6.04 Å². The van der Waals surface area contributed by atoms with Crippen LogP contribution in [0.3, 0.4) is 0 Å². The highest BCUT2D eigenvalue weighted by atomic mass is 35.5. The predicted molar refractivity (Wildman–Crippen MR) is 60.2 cm³/mol. The number of alkyl halides is 1. The van der Waals surface area contributed by atoms with E-state index in [2.05, 4.69) is 11.9 Å². The summed E-state index contributed by atoms with van der Waals surface area (Å²) in [5, 5.41) is 13.6. The summed E-state index contributed by atoms with van der Waals surface area (Å²) < 4.78 is 0. The van der Waals surface area contributed by atoms with Crippen LogP contribution in [-0.2, 0) is 4.79 Å². The van der Waals surface area contributed by atoms with E-state index in [1.54, 1.807) is 6.08 Å². The second-order valence-corrected chi connectivity index (χ2v) is 4.23. The van der Waals surface area contributed by atoms with Crippen LogP contribution >= 0.6 is 11.6 Å². The number of carbonyl (C=O) groups is 2. The maximum Gasteiger partial charge on any atom is 0.322 e. The first-order valence-corrected chi connectivity index (χ1v) is 5.54. The first kappa shape index (κ1) is 13.0. The van der Waals surface area contributed by atoms with E-state index in [9.17, 15) is 14.7 Å². The summed E-state index contributed by atoms with van der Waals surface area (Å²) in [6.07, 6.45) is 2.85. The molecule has 0 aromatic carbocycles. The third kappa shape index (κ3) is 3.21. The standard InChI is InChI=1S/C10H15ClN2O3/c1-2-3-4-5-6(11)8(14)7-9(15)13-10(16)12-7/h2,6-8,14H,1,3-5H2,(H2,12,13,15,16)/t6-,7-,8-/m1/s1. The Bertz CT molecular complexity index is 296. The number of nitrogens with one attached hydrogen (secondary N) is 2. The third-order valence-electron chi connectivity index (χ3n) is 2.41. The number of aliphatic hydroxyl groups is 1. The van der Waals surface area contributed by atoms with Gasteiger partial charge in [0.25, 0.3) is 5.91 Å². The summed E-state index contributed by atoms with van der Waals surface area (Å²) in [5.74, 6) is -0.535. The van der Waals surface area contributed by atoms with Gasteiger partial charge in [-0.25, -0.2) is 4.79 Å². The molecule has 0 bridgehead atoms. The molecule has 3 atom stereocenters. The van der Waals surface area contributed by atoms with Crippen molar-refractivity contribution < 1.29 is 14.7 Å². The number of rotatable bonds is 6.